The molecule has 108 valence electrons. The molecular weight excluding hydrogens is 250 g/mol. The predicted octanol–water partition coefficient (Wildman–Crippen LogP) is 3.82. The molecule has 0 fully saturated rings. The highest BCUT2D eigenvalue weighted by Gasteiger charge is 2.34. The van der Waals surface area contributed by atoms with Gasteiger partial charge < -0.3 is 0 Å². The van der Waals surface area contributed by atoms with Crippen molar-refractivity contribution in [3.63, 3.8) is 0 Å². The Kier molecular flexibility index (Phi) is 4.94. The molecule has 2 rings (SSSR count). The minimum Gasteiger partial charge on any atom is -0.275 e. The van der Waals surface area contributed by atoms with Crippen LogP contribution in [0.4, 0.5) is 0 Å². The lowest BCUT2D eigenvalue weighted by Gasteiger charge is -2.08. The Morgan fingerprint density at radius 3 is 2.30 bits per heavy atom. The Morgan fingerprint density at radius 1 is 0.900 bits per heavy atom. The van der Waals surface area contributed by atoms with E-state index < -0.39 is 0 Å². The fourth-order valence-electron chi connectivity index (χ4n) is 2.71. The molecule has 0 atom stereocenters. The average Bonchev–Trinajstić information content (AvgIpc) is 2.70. The standard InChI is InChI=1S/C17H23NO2/c1-3-5-6-7-8-9-13-10-11-14-15(12-13)17(20)18(4-2)16(14)19/h10-12H,3-9H2,1-2H3. The van der Waals surface area contributed by atoms with Crippen LogP contribution in [0.5, 0.6) is 0 Å². The van der Waals surface area contributed by atoms with Crippen molar-refractivity contribution in [2.24, 2.45) is 0 Å². The van der Waals surface area contributed by atoms with E-state index in [1.165, 1.54) is 36.1 Å². The lowest BCUT2D eigenvalue weighted by molar-refractivity contribution is 0.0663. The van der Waals surface area contributed by atoms with Gasteiger partial charge in [-0.3, -0.25) is 14.5 Å². The van der Waals surface area contributed by atoms with Crippen LogP contribution >= 0.6 is 0 Å². The fourth-order valence-corrected chi connectivity index (χ4v) is 2.71. The molecule has 1 aromatic carbocycles. The lowest BCUT2D eigenvalue weighted by Crippen LogP contribution is -2.29. The van der Waals surface area contributed by atoms with Gasteiger partial charge in [0.25, 0.3) is 11.8 Å². The fraction of sp³-hybridized carbons (Fsp3) is 0.529. The minimum atomic E-state index is -0.151. The Hall–Kier alpha value is -1.64. The summed E-state index contributed by atoms with van der Waals surface area (Å²) in [6.45, 7) is 4.48. The zero-order valence-corrected chi connectivity index (χ0v) is 12.4. The first kappa shape index (κ1) is 14.8. The monoisotopic (exact) mass is 273 g/mol. The summed E-state index contributed by atoms with van der Waals surface area (Å²) in [5.74, 6) is -0.290. The molecule has 1 aliphatic rings. The van der Waals surface area contributed by atoms with Crippen LogP contribution in [0.3, 0.4) is 0 Å². The minimum absolute atomic E-state index is 0.139. The number of rotatable bonds is 7. The number of benzene rings is 1. The zero-order valence-electron chi connectivity index (χ0n) is 12.4. The lowest BCUT2D eigenvalue weighted by atomic mass is 10.0. The molecule has 0 radical (unpaired) electrons. The van der Waals surface area contributed by atoms with Crippen molar-refractivity contribution in [3.8, 4) is 0 Å². The molecular formula is C17H23NO2. The Balaban J connectivity index is 2.01. The van der Waals surface area contributed by atoms with Crippen molar-refractivity contribution in [2.75, 3.05) is 6.54 Å². The molecule has 0 bridgehead atoms. The quantitative estimate of drug-likeness (QED) is 0.559. The van der Waals surface area contributed by atoms with Gasteiger partial charge in [-0.1, -0.05) is 38.7 Å². The SMILES string of the molecule is CCCCCCCc1ccc2c(c1)C(=O)N(CC)C2=O. The molecule has 20 heavy (non-hydrogen) atoms. The van der Waals surface area contributed by atoms with Crippen LogP contribution in [0.25, 0.3) is 0 Å². The second kappa shape index (κ2) is 6.69. The van der Waals surface area contributed by atoms with E-state index >= 15 is 0 Å². The van der Waals surface area contributed by atoms with E-state index in [1.807, 2.05) is 25.1 Å². The third-order valence-electron chi connectivity index (χ3n) is 3.92. The van der Waals surface area contributed by atoms with Crippen LogP contribution in [0.2, 0.25) is 0 Å². The number of carbonyl (C=O) groups excluding carboxylic acids is 2. The van der Waals surface area contributed by atoms with Gasteiger partial charge in [0, 0.05) is 6.54 Å². The third-order valence-corrected chi connectivity index (χ3v) is 3.92. The molecule has 0 spiro atoms. The van der Waals surface area contributed by atoms with Gasteiger partial charge in [-0.05, 0) is 37.5 Å². The topological polar surface area (TPSA) is 37.4 Å². The predicted molar refractivity (Wildman–Crippen MR) is 79.9 cm³/mol. The highest BCUT2D eigenvalue weighted by molar-refractivity contribution is 6.21. The molecule has 1 aromatic rings. The maximum absolute atomic E-state index is 12.1. The van der Waals surface area contributed by atoms with Gasteiger partial charge in [0.1, 0.15) is 0 Å². The molecule has 0 aliphatic carbocycles. The second-order valence-electron chi connectivity index (χ2n) is 5.40. The van der Waals surface area contributed by atoms with Crippen LogP contribution in [0, 0.1) is 0 Å². The van der Waals surface area contributed by atoms with Crippen LogP contribution in [0.15, 0.2) is 18.2 Å². The van der Waals surface area contributed by atoms with Crippen molar-refractivity contribution >= 4 is 11.8 Å². The number of carbonyl (C=O) groups is 2. The van der Waals surface area contributed by atoms with Gasteiger partial charge in [-0.15, -0.1) is 0 Å². The number of fused-ring (bicyclic) bond motifs is 1. The number of amides is 2. The molecule has 0 saturated heterocycles. The smallest absolute Gasteiger partial charge is 0.261 e. The second-order valence-corrected chi connectivity index (χ2v) is 5.40. The highest BCUT2D eigenvalue weighted by atomic mass is 16.2. The summed E-state index contributed by atoms with van der Waals surface area (Å²) >= 11 is 0. The van der Waals surface area contributed by atoms with Crippen molar-refractivity contribution in [3.05, 3.63) is 34.9 Å². The summed E-state index contributed by atoms with van der Waals surface area (Å²) < 4.78 is 0. The number of hydrogen-bond donors (Lipinski definition) is 0. The summed E-state index contributed by atoms with van der Waals surface area (Å²) in [6.07, 6.45) is 7.20. The molecule has 1 heterocycles. The van der Waals surface area contributed by atoms with Gasteiger partial charge in [0.15, 0.2) is 0 Å². The Morgan fingerprint density at radius 2 is 1.60 bits per heavy atom. The highest BCUT2D eigenvalue weighted by Crippen LogP contribution is 2.24. The Bertz CT molecular complexity index is 508. The number of nitrogens with zero attached hydrogens (tertiary/aromatic N) is 1. The van der Waals surface area contributed by atoms with E-state index in [4.69, 9.17) is 0 Å². The summed E-state index contributed by atoms with van der Waals surface area (Å²) in [6, 6.07) is 5.71. The first-order valence-corrected chi connectivity index (χ1v) is 7.68. The molecule has 0 saturated carbocycles. The number of hydrogen-bond acceptors (Lipinski definition) is 2. The molecule has 3 nitrogen and oxygen atoms in total. The zero-order chi connectivity index (χ0) is 14.5. The van der Waals surface area contributed by atoms with Crippen molar-refractivity contribution in [1.29, 1.82) is 0 Å². The maximum Gasteiger partial charge on any atom is 0.261 e. The van der Waals surface area contributed by atoms with Gasteiger partial charge >= 0.3 is 0 Å². The van der Waals surface area contributed by atoms with E-state index in [2.05, 4.69) is 6.92 Å². The number of aryl methyl sites for hydroxylation is 1. The van der Waals surface area contributed by atoms with Crippen LogP contribution in [-0.2, 0) is 6.42 Å². The number of unbranched alkanes of at least 4 members (excludes halogenated alkanes) is 4. The molecule has 0 aromatic heterocycles. The van der Waals surface area contributed by atoms with E-state index in [0.29, 0.717) is 17.7 Å². The van der Waals surface area contributed by atoms with E-state index in [0.717, 1.165) is 12.8 Å². The first-order valence-electron chi connectivity index (χ1n) is 7.68. The van der Waals surface area contributed by atoms with Gasteiger partial charge in [-0.25, -0.2) is 0 Å². The Labute approximate surface area is 121 Å². The van der Waals surface area contributed by atoms with Crippen molar-refractivity contribution in [1.82, 2.24) is 4.90 Å². The van der Waals surface area contributed by atoms with Crippen LogP contribution < -0.4 is 0 Å². The normalized spacial score (nSPS) is 14.0. The molecule has 1 aliphatic heterocycles. The summed E-state index contributed by atoms with van der Waals surface area (Å²) in [4.78, 5) is 25.4. The molecule has 0 unspecified atom stereocenters. The van der Waals surface area contributed by atoms with E-state index in [9.17, 15) is 9.59 Å². The van der Waals surface area contributed by atoms with Crippen molar-refractivity contribution < 1.29 is 9.59 Å². The van der Waals surface area contributed by atoms with Gasteiger partial charge in [0.2, 0.25) is 0 Å². The van der Waals surface area contributed by atoms with Crippen molar-refractivity contribution in [2.45, 2.75) is 52.4 Å². The first-order chi connectivity index (χ1) is 9.69. The summed E-state index contributed by atoms with van der Waals surface area (Å²) in [5.41, 5.74) is 2.31. The molecule has 2 amide bonds. The van der Waals surface area contributed by atoms with Crippen LogP contribution in [-0.4, -0.2) is 23.3 Å². The largest absolute Gasteiger partial charge is 0.275 e. The van der Waals surface area contributed by atoms with Gasteiger partial charge in [0.05, 0.1) is 11.1 Å². The van der Waals surface area contributed by atoms with Crippen LogP contribution in [0.1, 0.15) is 72.2 Å². The van der Waals surface area contributed by atoms with Gasteiger partial charge in [-0.2, -0.15) is 0 Å². The average molecular weight is 273 g/mol. The molecule has 0 N–H and O–H groups in total. The molecule has 3 heteroatoms. The third kappa shape index (κ3) is 2.92. The van der Waals surface area contributed by atoms with E-state index in [-0.39, 0.29) is 11.8 Å². The summed E-state index contributed by atoms with van der Waals surface area (Å²) in [7, 11) is 0. The summed E-state index contributed by atoms with van der Waals surface area (Å²) in [5, 5.41) is 0. The number of imide groups is 1. The van der Waals surface area contributed by atoms with E-state index in [1.54, 1.807) is 0 Å². The maximum atomic E-state index is 12.1.